The molecule has 2 saturated heterocycles. The van der Waals surface area contributed by atoms with Gasteiger partial charge >= 0.3 is 12.3 Å². The predicted molar refractivity (Wildman–Crippen MR) is 114 cm³/mol. The fourth-order valence-corrected chi connectivity index (χ4v) is 3.94. The summed E-state index contributed by atoms with van der Waals surface area (Å²) in [7, 11) is 0. The second kappa shape index (κ2) is 8.98. The molecule has 0 bridgehead atoms. The Morgan fingerprint density at radius 3 is 1.31 bits per heavy atom. The number of ether oxygens (including phenoxy) is 6. The van der Waals surface area contributed by atoms with Crippen molar-refractivity contribution in [3.8, 4) is 22.6 Å². The minimum absolute atomic E-state index is 0.207. The van der Waals surface area contributed by atoms with Crippen molar-refractivity contribution in [2.45, 2.75) is 39.9 Å². The maximum absolute atomic E-state index is 11.1. The molecule has 0 N–H and O–H groups in total. The van der Waals surface area contributed by atoms with Gasteiger partial charge in [-0.3, -0.25) is 0 Å². The van der Waals surface area contributed by atoms with Crippen LogP contribution in [0.5, 0.6) is 11.5 Å². The van der Waals surface area contributed by atoms with E-state index in [-0.39, 0.29) is 26.4 Å². The lowest BCUT2D eigenvalue weighted by atomic mass is 9.96. The molecule has 170 valence electrons. The molecular formula is C24H26O8. The number of aryl methyl sites for hydroxylation is 4. The number of hydrogen-bond acceptors (Lipinski definition) is 8. The molecule has 2 unspecified atom stereocenters. The summed E-state index contributed by atoms with van der Waals surface area (Å²) in [6.45, 7) is 8.87. The van der Waals surface area contributed by atoms with Gasteiger partial charge in [-0.2, -0.15) is 0 Å². The summed E-state index contributed by atoms with van der Waals surface area (Å²) in [5.74, 6) is 1.55. The van der Waals surface area contributed by atoms with Gasteiger partial charge in [-0.15, -0.1) is 0 Å². The Morgan fingerprint density at radius 1 is 0.688 bits per heavy atom. The monoisotopic (exact) mass is 442 g/mol. The van der Waals surface area contributed by atoms with E-state index in [1.165, 1.54) is 0 Å². The Bertz CT molecular complexity index is 915. The van der Waals surface area contributed by atoms with Gasteiger partial charge in [0, 0.05) is 0 Å². The summed E-state index contributed by atoms with van der Waals surface area (Å²) < 4.78 is 31.5. The third kappa shape index (κ3) is 4.74. The average Bonchev–Trinajstić information content (AvgIpc) is 3.34. The second-order valence-electron chi connectivity index (χ2n) is 8.10. The van der Waals surface area contributed by atoms with Gasteiger partial charge in [0.05, 0.1) is 0 Å². The zero-order valence-corrected chi connectivity index (χ0v) is 18.6. The highest BCUT2D eigenvalue weighted by Gasteiger charge is 2.27. The van der Waals surface area contributed by atoms with Crippen LogP contribution in [0.1, 0.15) is 22.3 Å². The van der Waals surface area contributed by atoms with Crippen molar-refractivity contribution >= 4 is 12.3 Å². The number of benzene rings is 2. The summed E-state index contributed by atoms with van der Waals surface area (Å²) in [5.41, 5.74) is 6.10. The van der Waals surface area contributed by atoms with E-state index in [1.54, 1.807) is 0 Å². The van der Waals surface area contributed by atoms with E-state index in [4.69, 9.17) is 28.4 Å². The van der Waals surface area contributed by atoms with Crippen molar-refractivity contribution in [2.24, 2.45) is 0 Å². The summed E-state index contributed by atoms with van der Waals surface area (Å²) in [5, 5.41) is 0. The molecule has 0 aromatic heterocycles. The van der Waals surface area contributed by atoms with Crippen molar-refractivity contribution in [3.05, 3.63) is 46.5 Å². The predicted octanol–water partition coefficient (Wildman–Crippen LogP) is 4.42. The molecule has 4 rings (SSSR count). The van der Waals surface area contributed by atoms with E-state index in [0.717, 1.165) is 44.9 Å². The Hall–Kier alpha value is -3.42. The Balaban J connectivity index is 1.47. The molecule has 8 heteroatoms. The van der Waals surface area contributed by atoms with Gasteiger partial charge in [0.25, 0.3) is 0 Å². The highest BCUT2D eigenvalue weighted by molar-refractivity contribution is 5.70. The molecule has 0 aliphatic carbocycles. The normalized spacial score (nSPS) is 19.8. The maximum atomic E-state index is 11.1. The van der Waals surface area contributed by atoms with Gasteiger partial charge < -0.3 is 28.4 Å². The molecular weight excluding hydrogens is 416 g/mol. The first kappa shape index (κ1) is 21.8. The molecule has 2 heterocycles. The SMILES string of the molecule is Cc1cc(-c2cc(C)c(OCC3COC(=O)O3)c(C)c2)cc(C)c1OCC1COC(=O)O1. The number of hydrogen-bond donors (Lipinski definition) is 0. The Morgan fingerprint density at radius 2 is 1.03 bits per heavy atom. The molecule has 2 aromatic rings. The van der Waals surface area contributed by atoms with Crippen molar-refractivity contribution in [2.75, 3.05) is 26.4 Å². The largest absolute Gasteiger partial charge is 0.508 e. The third-order valence-electron chi connectivity index (χ3n) is 5.38. The van der Waals surface area contributed by atoms with Crippen LogP contribution < -0.4 is 9.47 Å². The first-order valence-electron chi connectivity index (χ1n) is 10.5. The van der Waals surface area contributed by atoms with Crippen LogP contribution in [0.3, 0.4) is 0 Å². The standard InChI is InChI=1S/C24H26O8/c1-13-5-17(6-14(2)21(13)27-9-19-11-29-23(25)31-19)18-7-15(3)22(16(4)8-18)28-10-20-12-30-24(26)32-20/h5-8,19-20H,9-12H2,1-4H3. The highest BCUT2D eigenvalue weighted by Crippen LogP contribution is 2.34. The minimum Gasteiger partial charge on any atom is -0.489 e. The molecule has 32 heavy (non-hydrogen) atoms. The molecule has 2 aliphatic heterocycles. The molecule has 8 nitrogen and oxygen atoms in total. The van der Waals surface area contributed by atoms with Crippen LogP contribution >= 0.6 is 0 Å². The van der Waals surface area contributed by atoms with Gasteiger partial charge in [0.15, 0.2) is 12.2 Å². The number of carbonyl (C=O) groups excluding carboxylic acids is 2. The van der Waals surface area contributed by atoms with Crippen LogP contribution in [0.25, 0.3) is 11.1 Å². The van der Waals surface area contributed by atoms with Gasteiger partial charge in [-0.25, -0.2) is 9.59 Å². The van der Waals surface area contributed by atoms with Crippen LogP contribution in [0.2, 0.25) is 0 Å². The first-order chi connectivity index (χ1) is 15.3. The summed E-state index contributed by atoms with van der Waals surface area (Å²) in [6, 6.07) is 8.29. The molecule has 2 aromatic carbocycles. The van der Waals surface area contributed by atoms with Crippen molar-refractivity contribution in [1.82, 2.24) is 0 Å². The van der Waals surface area contributed by atoms with Crippen molar-refractivity contribution in [1.29, 1.82) is 0 Å². The Kier molecular flexibility index (Phi) is 6.12. The van der Waals surface area contributed by atoms with E-state index in [2.05, 4.69) is 24.3 Å². The molecule has 2 atom stereocenters. The van der Waals surface area contributed by atoms with Crippen LogP contribution in [0.15, 0.2) is 24.3 Å². The maximum Gasteiger partial charge on any atom is 0.508 e. The van der Waals surface area contributed by atoms with E-state index >= 15 is 0 Å². The quantitative estimate of drug-likeness (QED) is 0.583. The number of rotatable bonds is 7. The van der Waals surface area contributed by atoms with E-state index in [1.807, 2.05) is 27.7 Å². The smallest absolute Gasteiger partial charge is 0.489 e. The van der Waals surface area contributed by atoms with Gasteiger partial charge in [0.1, 0.15) is 37.9 Å². The number of carbonyl (C=O) groups is 2. The minimum atomic E-state index is -0.654. The third-order valence-corrected chi connectivity index (χ3v) is 5.38. The first-order valence-corrected chi connectivity index (χ1v) is 10.5. The van der Waals surface area contributed by atoms with E-state index in [0.29, 0.717) is 0 Å². The molecule has 0 amide bonds. The topological polar surface area (TPSA) is 89.5 Å². The summed E-state index contributed by atoms with van der Waals surface area (Å²) in [6.07, 6.45) is -2.09. The molecule has 0 spiro atoms. The lowest BCUT2D eigenvalue weighted by Crippen LogP contribution is -2.20. The summed E-state index contributed by atoms with van der Waals surface area (Å²) >= 11 is 0. The molecule has 2 aliphatic rings. The van der Waals surface area contributed by atoms with Crippen LogP contribution in [0, 0.1) is 27.7 Å². The fraction of sp³-hybridized carbons (Fsp3) is 0.417. The second-order valence-corrected chi connectivity index (χ2v) is 8.10. The van der Waals surface area contributed by atoms with Gasteiger partial charge in [0.2, 0.25) is 0 Å². The Labute approximate surface area is 186 Å². The van der Waals surface area contributed by atoms with E-state index in [9.17, 15) is 9.59 Å². The van der Waals surface area contributed by atoms with Crippen LogP contribution in [-0.2, 0) is 18.9 Å². The molecule has 2 fully saturated rings. The molecule has 0 saturated carbocycles. The zero-order chi connectivity index (χ0) is 22.8. The van der Waals surface area contributed by atoms with Crippen LogP contribution in [0.4, 0.5) is 9.59 Å². The number of cyclic esters (lactones) is 4. The fourth-order valence-electron chi connectivity index (χ4n) is 3.94. The molecule has 0 radical (unpaired) electrons. The van der Waals surface area contributed by atoms with Gasteiger partial charge in [-0.05, 0) is 85.3 Å². The van der Waals surface area contributed by atoms with E-state index < -0.39 is 24.5 Å². The average molecular weight is 442 g/mol. The van der Waals surface area contributed by atoms with Crippen molar-refractivity contribution in [3.63, 3.8) is 0 Å². The summed E-state index contributed by atoms with van der Waals surface area (Å²) in [4.78, 5) is 22.1. The zero-order valence-electron chi connectivity index (χ0n) is 18.6. The highest BCUT2D eigenvalue weighted by atomic mass is 16.8. The van der Waals surface area contributed by atoms with Crippen molar-refractivity contribution < 1.29 is 38.0 Å². The lowest BCUT2D eigenvalue weighted by Gasteiger charge is -2.18. The lowest BCUT2D eigenvalue weighted by molar-refractivity contribution is 0.0973. The van der Waals surface area contributed by atoms with Gasteiger partial charge in [-0.1, -0.05) is 0 Å². The van der Waals surface area contributed by atoms with Crippen LogP contribution in [-0.4, -0.2) is 50.9 Å².